The van der Waals surface area contributed by atoms with Gasteiger partial charge in [-0.15, -0.1) is 0 Å². The SMILES string of the molecule is CC(C)n1cncc1CN[C@H](C)c1ccccc1Cl. The van der Waals surface area contributed by atoms with Crippen LogP contribution in [-0.4, -0.2) is 9.55 Å². The highest BCUT2D eigenvalue weighted by Crippen LogP contribution is 2.22. The van der Waals surface area contributed by atoms with Gasteiger partial charge in [0.1, 0.15) is 0 Å². The van der Waals surface area contributed by atoms with Gasteiger partial charge < -0.3 is 9.88 Å². The minimum absolute atomic E-state index is 0.212. The van der Waals surface area contributed by atoms with E-state index >= 15 is 0 Å². The topological polar surface area (TPSA) is 29.9 Å². The van der Waals surface area contributed by atoms with Crippen molar-refractivity contribution in [3.8, 4) is 0 Å². The molecule has 0 aliphatic carbocycles. The summed E-state index contributed by atoms with van der Waals surface area (Å²) in [5.74, 6) is 0. The molecule has 3 nitrogen and oxygen atoms in total. The van der Waals surface area contributed by atoms with Gasteiger partial charge >= 0.3 is 0 Å². The van der Waals surface area contributed by atoms with E-state index in [1.54, 1.807) is 0 Å². The van der Waals surface area contributed by atoms with E-state index in [1.807, 2.05) is 30.7 Å². The molecule has 1 heterocycles. The molecule has 0 bridgehead atoms. The molecule has 2 aromatic rings. The maximum absolute atomic E-state index is 6.20. The average molecular weight is 278 g/mol. The van der Waals surface area contributed by atoms with Crippen LogP contribution in [0.3, 0.4) is 0 Å². The predicted molar refractivity (Wildman–Crippen MR) is 79.3 cm³/mol. The van der Waals surface area contributed by atoms with E-state index in [2.05, 4.69) is 41.7 Å². The molecule has 0 spiro atoms. The fraction of sp³-hybridized carbons (Fsp3) is 0.400. The number of aromatic nitrogens is 2. The highest BCUT2D eigenvalue weighted by atomic mass is 35.5. The summed E-state index contributed by atoms with van der Waals surface area (Å²) in [4.78, 5) is 4.21. The Kier molecular flexibility index (Phi) is 4.61. The minimum Gasteiger partial charge on any atom is -0.331 e. The predicted octanol–water partition coefficient (Wildman–Crippen LogP) is 3.97. The molecule has 0 aliphatic heterocycles. The summed E-state index contributed by atoms with van der Waals surface area (Å²) in [7, 11) is 0. The molecule has 102 valence electrons. The van der Waals surface area contributed by atoms with Crippen LogP contribution in [0.4, 0.5) is 0 Å². The molecule has 0 unspecified atom stereocenters. The van der Waals surface area contributed by atoms with Crippen LogP contribution in [0.2, 0.25) is 5.02 Å². The summed E-state index contributed by atoms with van der Waals surface area (Å²) in [6.45, 7) is 7.22. The number of nitrogens with zero attached hydrogens (tertiary/aromatic N) is 2. The highest BCUT2D eigenvalue weighted by Gasteiger charge is 2.10. The lowest BCUT2D eigenvalue weighted by atomic mass is 10.1. The molecule has 1 N–H and O–H groups in total. The molecular formula is C15H20ClN3. The Morgan fingerprint density at radius 2 is 2.00 bits per heavy atom. The number of nitrogens with one attached hydrogen (secondary N) is 1. The van der Waals surface area contributed by atoms with Crippen molar-refractivity contribution in [3.63, 3.8) is 0 Å². The monoisotopic (exact) mass is 277 g/mol. The van der Waals surface area contributed by atoms with E-state index in [0.717, 1.165) is 17.1 Å². The maximum atomic E-state index is 6.20. The molecule has 0 aliphatic rings. The lowest BCUT2D eigenvalue weighted by Gasteiger charge is -2.17. The molecule has 19 heavy (non-hydrogen) atoms. The first kappa shape index (κ1) is 14.1. The molecule has 0 fully saturated rings. The van der Waals surface area contributed by atoms with Gasteiger partial charge in [0.05, 0.1) is 12.0 Å². The van der Waals surface area contributed by atoms with Crippen LogP contribution < -0.4 is 5.32 Å². The lowest BCUT2D eigenvalue weighted by Crippen LogP contribution is -2.20. The van der Waals surface area contributed by atoms with Crippen molar-refractivity contribution < 1.29 is 0 Å². The van der Waals surface area contributed by atoms with Gasteiger partial charge in [0.2, 0.25) is 0 Å². The largest absolute Gasteiger partial charge is 0.331 e. The zero-order chi connectivity index (χ0) is 13.8. The molecule has 1 aromatic heterocycles. The van der Waals surface area contributed by atoms with Crippen molar-refractivity contribution in [2.75, 3.05) is 0 Å². The van der Waals surface area contributed by atoms with Crippen molar-refractivity contribution in [2.24, 2.45) is 0 Å². The molecule has 1 atom stereocenters. The van der Waals surface area contributed by atoms with Gasteiger partial charge in [-0.1, -0.05) is 29.8 Å². The van der Waals surface area contributed by atoms with Crippen LogP contribution in [0, 0.1) is 0 Å². The number of rotatable bonds is 5. The van der Waals surface area contributed by atoms with Gasteiger partial charge in [0, 0.05) is 29.8 Å². The Labute approximate surface area is 119 Å². The number of halogens is 1. The Balaban J connectivity index is 2.03. The molecule has 0 saturated carbocycles. The molecule has 0 amide bonds. The summed E-state index contributed by atoms with van der Waals surface area (Å²) < 4.78 is 2.17. The van der Waals surface area contributed by atoms with Gasteiger partial charge in [-0.05, 0) is 32.4 Å². The van der Waals surface area contributed by atoms with Crippen LogP contribution in [0.5, 0.6) is 0 Å². The van der Waals surface area contributed by atoms with Crippen molar-refractivity contribution >= 4 is 11.6 Å². The lowest BCUT2D eigenvalue weighted by molar-refractivity contribution is 0.518. The van der Waals surface area contributed by atoms with Crippen LogP contribution in [0.15, 0.2) is 36.8 Å². The second-order valence-electron chi connectivity index (χ2n) is 5.01. The van der Waals surface area contributed by atoms with E-state index in [0.29, 0.717) is 6.04 Å². The quantitative estimate of drug-likeness (QED) is 0.896. The molecular weight excluding hydrogens is 258 g/mol. The molecule has 1 aromatic carbocycles. The number of hydrogen-bond donors (Lipinski definition) is 1. The fourth-order valence-corrected chi connectivity index (χ4v) is 2.43. The summed E-state index contributed by atoms with van der Waals surface area (Å²) in [6, 6.07) is 8.58. The summed E-state index contributed by atoms with van der Waals surface area (Å²) in [5, 5.41) is 4.30. The Morgan fingerprint density at radius 3 is 2.68 bits per heavy atom. The van der Waals surface area contributed by atoms with Crippen molar-refractivity contribution in [3.05, 3.63) is 53.1 Å². The van der Waals surface area contributed by atoms with Crippen LogP contribution in [0.25, 0.3) is 0 Å². The smallest absolute Gasteiger partial charge is 0.0951 e. The second-order valence-corrected chi connectivity index (χ2v) is 5.42. The van der Waals surface area contributed by atoms with Gasteiger partial charge in [-0.3, -0.25) is 0 Å². The number of hydrogen-bond acceptors (Lipinski definition) is 2. The molecule has 0 saturated heterocycles. The molecule has 2 rings (SSSR count). The van der Waals surface area contributed by atoms with Gasteiger partial charge in [0.25, 0.3) is 0 Å². The Morgan fingerprint density at radius 1 is 1.26 bits per heavy atom. The number of imidazole rings is 1. The zero-order valence-corrected chi connectivity index (χ0v) is 12.4. The van der Waals surface area contributed by atoms with E-state index in [9.17, 15) is 0 Å². The highest BCUT2D eigenvalue weighted by molar-refractivity contribution is 6.31. The maximum Gasteiger partial charge on any atom is 0.0951 e. The fourth-order valence-electron chi connectivity index (χ4n) is 2.13. The van der Waals surface area contributed by atoms with Crippen molar-refractivity contribution in [1.82, 2.24) is 14.9 Å². The molecule has 0 radical (unpaired) electrons. The third-order valence-corrected chi connectivity index (χ3v) is 3.61. The average Bonchev–Trinajstić information content (AvgIpc) is 2.85. The first-order valence-corrected chi connectivity index (χ1v) is 6.96. The minimum atomic E-state index is 0.212. The summed E-state index contributed by atoms with van der Waals surface area (Å²) in [6.07, 6.45) is 3.79. The van der Waals surface area contributed by atoms with Crippen molar-refractivity contribution in [1.29, 1.82) is 0 Å². The normalized spacial score (nSPS) is 12.9. The Bertz CT molecular complexity index is 534. The second kappa shape index (κ2) is 6.22. The van der Waals surface area contributed by atoms with Crippen LogP contribution >= 0.6 is 11.6 Å². The standard InChI is InChI=1S/C15H20ClN3/c1-11(2)19-10-17-8-13(19)9-18-12(3)14-6-4-5-7-15(14)16/h4-8,10-12,18H,9H2,1-3H3/t12-/m1/s1. The van der Waals surface area contributed by atoms with E-state index in [4.69, 9.17) is 11.6 Å². The molecule has 4 heteroatoms. The van der Waals surface area contributed by atoms with Crippen LogP contribution in [-0.2, 0) is 6.54 Å². The van der Waals surface area contributed by atoms with Crippen LogP contribution in [0.1, 0.15) is 44.1 Å². The zero-order valence-electron chi connectivity index (χ0n) is 11.6. The van der Waals surface area contributed by atoms with Gasteiger partial charge in [0.15, 0.2) is 0 Å². The summed E-state index contributed by atoms with van der Waals surface area (Å²) in [5.41, 5.74) is 2.31. The van der Waals surface area contributed by atoms with Gasteiger partial charge in [-0.2, -0.15) is 0 Å². The van der Waals surface area contributed by atoms with Gasteiger partial charge in [-0.25, -0.2) is 4.98 Å². The van der Waals surface area contributed by atoms with E-state index in [1.165, 1.54) is 5.69 Å². The third-order valence-electron chi connectivity index (χ3n) is 3.26. The summed E-state index contributed by atoms with van der Waals surface area (Å²) >= 11 is 6.20. The van der Waals surface area contributed by atoms with E-state index in [-0.39, 0.29) is 6.04 Å². The third kappa shape index (κ3) is 3.37. The first-order valence-electron chi connectivity index (χ1n) is 6.58. The van der Waals surface area contributed by atoms with Crippen molar-refractivity contribution in [2.45, 2.75) is 39.4 Å². The first-order chi connectivity index (χ1) is 9.09. The Hall–Kier alpha value is -1.32. The number of benzene rings is 1. The van der Waals surface area contributed by atoms with E-state index < -0.39 is 0 Å².